The van der Waals surface area contributed by atoms with Gasteiger partial charge in [0, 0.05) is 0 Å². The van der Waals surface area contributed by atoms with E-state index in [9.17, 15) is 0 Å². The minimum absolute atomic E-state index is 0.426. The van der Waals surface area contributed by atoms with Gasteiger partial charge >= 0.3 is 0 Å². The predicted octanol–water partition coefficient (Wildman–Crippen LogP) is 4.49. The van der Waals surface area contributed by atoms with E-state index >= 15 is 0 Å². The molecule has 120 valence electrons. The number of methoxy groups -OCH3 is 3. The van der Waals surface area contributed by atoms with Gasteiger partial charge in [-0.15, -0.1) is 12.6 Å². The number of thiol groups is 1. The zero-order valence-corrected chi connectivity index (χ0v) is 14.9. The molecule has 0 amide bonds. The van der Waals surface area contributed by atoms with Gasteiger partial charge in [-0.2, -0.15) is 0 Å². The number of ether oxygens (including phenoxy) is 3. The maximum absolute atomic E-state index is 5.49. The fraction of sp³-hybridized carbons (Fsp3) is 0.167. The van der Waals surface area contributed by atoms with Crippen LogP contribution in [0.3, 0.4) is 0 Å². The summed E-state index contributed by atoms with van der Waals surface area (Å²) < 4.78 is 16.7. The van der Waals surface area contributed by atoms with Crippen molar-refractivity contribution in [1.82, 2.24) is 0 Å². The van der Waals surface area contributed by atoms with Crippen molar-refractivity contribution < 1.29 is 14.2 Å². The lowest BCUT2D eigenvalue weighted by Gasteiger charge is -2.17. The molecule has 0 aliphatic heterocycles. The van der Waals surface area contributed by atoms with Gasteiger partial charge in [0.1, 0.15) is 0 Å². The number of benzene rings is 2. The van der Waals surface area contributed by atoms with Crippen LogP contribution >= 0.6 is 24.8 Å². The molecular weight excluding hydrogens is 328 g/mol. The van der Waals surface area contributed by atoms with Crippen LogP contribution in [-0.2, 0) is 0 Å². The summed E-state index contributed by atoms with van der Waals surface area (Å²) in [4.78, 5) is 0. The van der Waals surface area contributed by atoms with Crippen LogP contribution in [-0.4, -0.2) is 25.5 Å². The van der Waals surface area contributed by atoms with Crippen LogP contribution in [0.4, 0.5) is 0 Å². The second-order valence-corrected chi connectivity index (χ2v) is 5.82. The highest BCUT2D eigenvalue weighted by Crippen LogP contribution is 2.43. The van der Waals surface area contributed by atoms with Gasteiger partial charge in [-0.1, -0.05) is 54.7 Å². The van der Waals surface area contributed by atoms with Gasteiger partial charge in [0.2, 0.25) is 5.75 Å². The lowest BCUT2D eigenvalue weighted by Crippen LogP contribution is -2.03. The summed E-state index contributed by atoms with van der Waals surface area (Å²) in [5.41, 5.74) is 2.64. The number of thiocarbonyl (C=S) groups is 1. The number of hydrogen-bond donors (Lipinski definition) is 1. The van der Waals surface area contributed by atoms with E-state index < -0.39 is 0 Å². The normalized spacial score (nSPS) is 10.6. The minimum atomic E-state index is 0.426. The second-order valence-electron chi connectivity index (χ2n) is 4.66. The lowest BCUT2D eigenvalue weighted by molar-refractivity contribution is 0.324. The summed E-state index contributed by atoms with van der Waals surface area (Å²) >= 11 is 9.61. The van der Waals surface area contributed by atoms with E-state index in [0.717, 1.165) is 11.1 Å². The number of hydrogen-bond acceptors (Lipinski definition) is 4. The van der Waals surface area contributed by atoms with E-state index in [2.05, 4.69) is 12.6 Å². The molecule has 0 N–H and O–H groups in total. The van der Waals surface area contributed by atoms with Gasteiger partial charge in [0.05, 0.1) is 31.1 Å². The first-order chi connectivity index (χ1) is 11.1. The third kappa shape index (κ3) is 3.86. The van der Waals surface area contributed by atoms with Crippen molar-refractivity contribution in [2.75, 3.05) is 21.3 Å². The van der Waals surface area contributed by atoms with Crippen molar-refractivity contribution in [3.63, 3.8) is 0 Å². The Kier molecular flexibility index (Phi) is 6.07. The third-order valence-corrected chi connectivity index (χ3v) is 3.76. The van der Waals surface area contributed by atoms with Crippen molar-refractivity contribution in [3.8, 4) is 17.2 Å². The molecule has 0 atom stereocenters. The predicted molar refractivity (Wildman–Crippen MR) is 102 cm³/mol. The Bertz CT molecular complexity index is 725. The van der Waals surface area contributed by atoms with Crippen molar-refractivity contribution in [2.24, 2.45) is 0 Å². The Morgan fingerprint density at radius 3 is 2.13 bits per heavy atom. The summed E-state index contributed by atoms with van der Waals surface area (Å²) in [5.74, 6) is 1.59. The van der Waals surface area contributed by atoms with Crippen LogP contribution in [0.1, 0.15) is 16.7 Å². The SMILES string of the molecule is COc1cc(/C=C/c2ccccc2)c(C(=S)S)c(OC)c1OC. The summed E-state index contributed by atoms with van der Waals surface area (Å²) in [6.07, 6.45) is 3.95. The van der Waals surface area contributed by atoms with Gasteiger partial charge in [-0.3, -0.25) is 0 Å². The maximum Gasteiger partial charge on any atom is 0.204 e. The molecule has 2 aromatic rings. The highest BCUT2D eigenvalue weighted by atomic mass is 32.1. The quantitative estimate of drug-likeness (QED) is 0.474. The van der Waals surface area contributed by atoms with Gasteiger partial charge in [-0.25, -0.2) is 0 Å². The van der Waals surface area contributed by atoms with Gasteiger partial charge in [0.25, 0.3) is 0 Å². The Morgan fingerprint density at radius 2 is 1.61 bits per heavy atom. The van der Waals surface area contributed by atoms with E-state index in [4.69, 9.17) is 26.4 Å². The molecule has 3 nitrogen and oxygen atoms in total. The Hall–Kier alpha value is -1.98. The van der Waals surface area contributed by atoms with E-state index in [-0.39, 0.29) is 0 Å². The number of rotatable bonds is 6. The molecule has 0 spiro atoms. The highest BCUT2D eigenvalue weighted by molar-refractivity contribution is 8.11. The van der Waals surface area contributed by atoms with Gasteiger partial charge in [0.15, 0.2) is 11.5 Å². The van der Waals surface area contributed by atoms with E-state index in [1.54, 1.807) is 21.3 Å². The summed E-state index contributed by atoms with van der Waals surface area (Å²) in [6, 6.07) is 11.8. The lowest BCUT2D eigenvalue weighted by atomic mass is 10.0. The summed E-state index contributed by atoms with van der Waals surface area (Å²) in [6.45, 7) is 0. The first-order valence-electron chi connectivity index (χ1n) is 6.91. The second kappa shape index (κ2) is 8.04. The monoisotopic (exact) mass is 346 g/mol. The largest absolute Gasteiger partial charge is 0.493 e. The smallest absolute Gasteiger partial charge is 0.204 e. The van der Waals surface area contributed by atoms with Crippen LogP contribution in [0.5, 0.6) is 17.2 Å². The molecule has 2 rings (SSSR count). The molecule has 0 saturated heterocycles. The molecule has 2 aromatic carbocycles. The molecule has 0 saturated carbocycles. The zero-order chi connectivity index (χ0) is 16.8. The molecule has 0 aliphatic carbocycles. The van der Waals surface area contributed by atoms with Crippen molar-refractivity contribution >= 4 is 41.2 Å². The minimum Gasteiger partial charge on any atom is -0.493 e. The Labute approximate surface area is 147 Å². The average Bonchev–Trinajstić information content (AvgIpc) is 2.58. The van der Waals surface area contributed by atoms with Crippen molar-refractivity contribution in [1.29, 1.82) is 0 Å². The van der Waals surface area contributed by atoms with Gasteiger partial charge < -0.3 is 14.2 Å². The van der Waals surface area contributed by atoms with Crippen molar-refractivity contribution in [3.05, 3.63) is 53.1 Å². The first kappa shape index (κ1) is 17.4. The maximum atomic E-state index is 5.49. The van der Waals surface area contributed by atoms with E-state index in [1.807, 2.05) is 48.6 Å². The first-order valence-corrected chi connectivity index (χ1v) is 7.77. The Balaban J connectivity index is 2.62. The van der Waals surface area contributed by atoms with Gasteiger partial charge in [-0.05, 0) is 17.2 Å². The van der Waals surface area contributed by atoms with E-state index in [1.165, 1.54) is 0 Å². The van der Waals surface area contributed by atoms with Crippen LogP contribution in [0, 0.1) is 0 Å². The molecule has 0 aromatic heterocycles. The van der Waals surface area contributed by atoms with Crippen molar-refractivity contribution in [2.45, 2.75) is 0 Å². The fourth-order valence-electron chi connectivity index (χ4n) is 2.28. The standard InChI is InChI=1S/C18H18O3S2/c1-19-14-11-13(10-9-12-7-5-4-6-8-12)15(18(22)23)17(21-3)16(14)20-2/h4-11H,1-3H3,(H,22,23)/b10-9+. The highest BCUT2D eigenvalue weighted by Gasteiger charge is 2.21. The molecule has 0 unspecified atom stereocenters. The zero-order valence-electron chi connectivity index (χ0n) is 13.2. The van der Waals surface area contributed by atoms with Crippen LogP contribution in [0.15, 0.2) is 36.4 Å². The molecular formula is C18H18O3S2. The molecule has 0 bridgehead atoms. The van der Waals surface area contributed by atoms with E-state index in [0.29, 0.717) is 27.0 Å². The molecule has 23 heavy (non-hydrogen) atoms. The molecule has 0 radical (unpaired) electrons. The Morgan fingerprint density at radius 1 is 0.957 bits per heavy atom. The summed E-state index contributed by atoms with van der Waals surface area (Å²) in [7, 11) is 4.71. The molecule has 5 heteroatoms. The molecule has 0 aliphatic rings. The fourth-order valence-corrected chi connectivity index (χ4v) is 2.72. The van der Waals surface area contributed by atoms with Crippen LogP contribution in [0.2, 0.25) is 0 Å². The van der Waals surface area contributed by atoms with Crippen LogP contribution < -0.4 is 14.2 Å². The molecule has 0 heterocycles. The van der Waals surface area contributed by atoms with Crippen LogP contribution in [0.25, 0.3) is 12.2 Å². The molecule has 0 fully saturated rings. The topological polar surface area (TPSA) is 27.7 Å². The summed E-state index contributed by atoms with van der Waals surface area (Å²) in [5, 5.41) is 0. The third-order valence-electron chi connectivity index (χ3n) is 3.33. The average molecular weight is 346 g/mol.